The van der Waals surface area contributed by atoms with Gasteiger partial charge >= 0.3 is 6.03 Å². The standard InChI is InChI=1S/C15H20N6O/c1-19-4-6-20(7-5-19)10-21-13-11(9-18-15(21)22)8-17-14-12(13)2-3-16-14/h2-3,8H,4-7,9-10H2,1H3,(H,16,17)(H,18,22). The Labute approximate surface area is 128 Å². The maximum atomic E-state index is 12.4. The highest BCUT2D eigenvalue weighted by atomic mass is 16.2. The Bertz CT molecular complexity index is 703. The number of fused-ring (bicyclic) bond motifs is 3. The summed E-state index contributed by atoms with van der Waals surface area (Å²) in [5.41, 5.74) is 2.89. The number of carbonyl (C=O) groups is 1. The van der Waals surface area contributed by atoms with Crippen LogP contribution in [-0.4, -0.2) is 65.7 Å². The number of aromatic nitrogens is 2. The van der Waals surface area contributed by atoms with E-state index in [0.29, 0.717) is 13.2 Å². The number of anilines is 1. The number of H-pyrrole nitrogens is 1. The van der Waals surface area contributed by atoms with Crippen LogP contribution in [0.5, 0.6) is 0 Å². The van der Waals surface area contributed by atoms with Gasteiger partial charge in [-0.05, 0) is 13.1 Å². The molecule has 4 heterocycles. The number of hydrogen-bond donors (Lipinski definition) is 2. The number of carbonyl (C=O) groups excluding carboxylic acids is 1. The number of pyridine rings is 1. The lowest BCUT2D eigenvalue weighted by molar-refractivity contribution is 0.153. The number of piperazine rings is 1. The van der Waals surface area contributed by atoms with Crippen molar-refractivity contribution < 1.29 is 4.79 Å². The van der Waals surface area contributed by atoms with E-state index in [-0.39, 0.29) is 6.03 Å². The minimum absolute atomic E-state index is 0.0277. The smallest absolute Gasteiger partial charge is 0.323 e. The molecule has 7 nitrogen and oxygen atoms in total. The highest BCUT2D eigenvalue weighted by Crippen LogP contribution is 2.31. The van der Waals surface area contributed by atoms with Crippen LogP contribution in [0.1, 0.15) is 5.56 Å². The van der Waals surface area contributed by atoms with Crippen LogP contribution in [0.4, 0.5) is 10.5 Å². The van der Waals surface area contributed by atoms with Crippen LogP contribution in [0.15, 0.2) is 18.5 Å². The molecule has 116 valence electrons. The van der Waals surface area contributed by atoms with Crippen LogP contribution < -0.4 is 10.2 Å². The topological polar surface area (TPSA) is 67.5 Å². The Morgan fingerprint density at radius 1 is 1.27 bits per heavy atom. The molecule has 2 N–H and O–H groups in total. The molecule has 0 radical (unpaired) electrons. The Balaban J connectivity index is 1.67. The van der Waals surface area contributed by atoms with Gasteiger partial charge in [0.1, 0.15) is 5.65 Å². The van der Waals surface area contributed by atoms with Gasteiger partial charge in [-0.15, -0.1) is 0 Å². The van der Waals surface area contributed by atoms with Crippen LogP contribution in [0.2, 0.25) is 0 Å². The van der Waals surface area contributed by atoms with E-state index in [1.807, 2.05) is 23.4 Å². The summed E-state index contributed by atoms with van der Waals surface area (Å²) in [7, 11) is 2.13. The Kier molecular flexibility index (Phi) is 3.24. The van der Waals surface area contributed by atoms with Gasteiger partial charge in [0.25, 0.3) is 0 Å². The van der Waals surface area contributed by atoms with Crippen molar-refractivity contribution in [3.05, 3.63) is 24.0 Å². The van der Waals surface area contributed by atoms with Crippen LogP contribution in [0, 0.1) is 0 Å². The fraction of sp³-hybridized carbons (Fsp3) is 0.467. The Morgan fingerprint density at radius 3 is 2.91 bits per heavy atom. The van der Waals surface area contributed by atoms with Crippen molar-refractivity contribution in [1.82, 2.24) is 25.1 Å². The molecule has 2 aromatic rings. The fourth-order valence-electron chi connectivity index (χ4n) is 3.18. The molecule has 2 aliphatic rings. The summed E-state index contributed by atoms with van der Waals surface area (Å²) in [6.07, 6.45) is 3.73. The fourth-order valence-corrected chi connectivity index (χ4v) is 3.18. The molecule has 1 saturated heterocycles. The second kappa shape index (κ2) is 5.26. The third-order valence-corrected chi connectivity index (χ3v) is 4.52. The van der Waals surface area contributed by atoms with Crippen LogP contribution >= 0.6 is 0 Å². The first kappa shape index (κ1) is 13.5. The van der Waals surface area contributed by atoms with E-state index in [9.17, 15) is 4.79 Å². The van der Waals surface area contributed by atoms with E-state index < -0.39 is 0 Å². The van der Waals surface area contributed by atoms with E-state index in [1.165, 1.54) is 0 Å². The number of aromatic amines is 1. The Hall–Kier alpha value is -2.12. The van der Waals surface area contributed by atoms with Crippen molar-refractivity contribution in [3.63, 3.8) is 0 Å². The number of rotatable bonds is 2. The van der Waals surface area contributed by atoms with Gasteiger partial charge in [-0.1, -0.05) is 0 Å². The number of likely N-dealkylation sites (N-methyl/N-ethyl adjacent to an activating group) is 1. The second-order valence-electron chi connectivity index (χ2n) is 6.02. The normalized spacial score (nSPS) is 20.2. The van der Waals surface area contributed by atoms with Gasteiger partial charge in [0.15, 0.2) is 0 Å². The average Bonchev–Trinajstić information content (AvgIpc) is 3.00. The second-order valence-corrected chi connectivity index (χ2v) is 6.02. The molecule has 0 atom stereocenters. The van der Waals surface area contributed by atoms with E-state index in [1.54, 1.807) is 0 Å². The molecule has 1 fully saturated rings. The van der Waals surface area contributed by atoms with Crippen molar-refractivity contribution >= 4 is 22.8 Å². The molecule has 0 aromatic carbocycles. The van der Waals surface area contributed by atoms with Gasteiger partial charge in [-0.2, -0.15) is 0 Å². The maximum Gasteiger partial charge on any atom is 0.323 e. The molecule has 2 aliphatic heterocycles. The molecule has 0 aliphatic carbocycles. The third-order valence-electron chi connectivity index (χ3n) is 4.52. The number of amides is 2. The van der Waals surface area contributed by atoms with E-state index in [2.05, 4.69) is 32.1 Å². The Morgan fingerprint density at radius 2 is 2.09 bits per heavy atom. The van der Waals surface area contributed by atoms with Crippen LogP contribution in [0.3, 0.4) is 0 Å². The number of nitrogens with one attached hydrogen (secondary N) is 2. The van der Waals surface area contributed by atoms with E-state index in [4.69, 9.17) is 0 Å². The van der Waals surface area contributed by atoms with Gasteiger partial charge in [0.05, 0.1) is 12.4 Å². The first-order chi connectivity index (χ1) is 10.7. The molecule has 2 aromatic heterocycles. The summed E-state index contributed by atoms with van der Waals surface area (Å²) in [6.45, 7) is 5.21. The van der Waals surface area contributed by atoms with Crippen molar-refractivity contribution in [2.75, 3.05) is 44.8 Å². The molecular formula is C15H20N6O. The summed E-state index contributed by atoms with van der Waals surface area (Å²) in [6, 6.07) is 1.97. The molecule has 0 spiro atoms. The highest BCUT2D eigenvalue weighted by Gasteiger charge is 2.28. The zero-order valence-corrected chi connectivity index (χ0v) is 12.7. The SMILES string of the molecule is CN1CCN(CN2C(=O)NCc3cnc4[nH]ccc4c32)CC1. The van der Waals surface area contributed by atoms with E-state index >= 15 is 0 Å². The average molecular weight is 300 g/mol. The molecule has 0 saturated carbocycles. The molecule has 2 amide bonds. The molecule has 22 heavy (non-hydrogen) atoms. The minimum Gasteiger partial charge on any atom is -0.346 e. The maximum absolute atomic E-state index is 12.4. The summed E-state index contributed by atoms with van der Waals surface area (Å²) < 4.78 is 0. The van der Waals surface area contributed by atoms with E-state index in [0.717, 1.165) is 48.5 Å². The molecular weight excluding hydrogens is 280 g/mol. The third kappa shape index (κ3) is 2.22. The van der Waals surface area contributed by atoms with Crippen LogP contribution in [-0.2, 0) is 6.54 Å². The van der Waals surface area contributed by atoms with Crippen molar-refractivity contribution in [2.45, 2.75) is 6.54 Å². The zero-order chi connectivity index (χ0) is 15.1. The molecule has 0 unspecified atom stereocenters. The van der Waals surface area contributed by atoms with Gasteiger partial charge in [0, 0.05) is 56.1 Å². The lowest BCUT2D eigenvalue weighted by Crippen LogP contribution is -2.53. The molecule has 7 heteroatoms. The highest BCUT2D eigenvalue weighted by molar-refractivity contribution is 6.04. The number of urea groups is 1. The zero-order valence-electron chi connectivity index (χ0n) is 12.7. The first-order valence-electron chi connectivity index (χ1n) is 7.63. The van der Waals surface area contributed by atoms with Gasteiger partial charge in [0.2, 0.25) is 0 Å². The molecule has 0 bridgehead atoms. The van der Waals surface area contributed by atoms with Gasteiger partial charge in [-0.3, -0.25) is 9.80 Å². The monoisotopic (exact) mass is 300 g/mol. The lowest BCUT2D eigenvalue weighted by Gasteiger charge is -2.38. The molecule has 4 rings (SSSR count). The predicted octanol–water partition coefficient (Wildman–Crippen LogP) is 0.797. The quantitative estimate of drug-likeness (QED) is 0.861. The van der Waals surface area contributed by atoms with Gasteiger partial charge < -0.3 is 15.2 Å². The summed E-state index contributed by atoms with van der Waals surface area (Å²) in [5, 5.41) is 3.96. The summed E-state index contributed by atoms with van der Waals surface area (Å²) in [4.78, 5) is 26.4. The summed E-state index contributed by atoms with van der Waals surface area (Å²) >= 11 is 0. The largest absolute Gasteiger partial charge is 0.346 e. The number of hydrogen-bond acceptors (Lipinski definition) is 4. The summed E-state index contributed by atoms with van der Waals surface area (Å²) in [5.74, 6) is 0. The first-order valence-corrected chi connectivity index (χ1v) is 7.63. The predicted molar refractivity (Wildman–Crippen MR) is 84.7 cm³/mol. The minimum atomic E-state index is -0.0277. The van der Waals surface area contributed by atoms with Crippen molar-refractivity contribution in [3.8, 4) is 0 Å². The van der Waals surface area contributed by atoms with Gasteiger partial charge in [-0.25, -0.2) is 9.78 Å². The van der Waals surface area contributed by atoms with Crippen LogP contribution in [0.25, 0.3) is 11.0 Å². The lowest BCUT2D eigenvalue weighted by atomic mass is 10.1. The number of nitrogens with zero attached hydrogens (tertiary/aromatic N) is 4. The van der Waals surface area contributed by atoms with Crippen molar-refractivity contribution in [2.24, 2.45) is 0 Å². The van der Waals surface area contributed by atoms with Crippen molar-refractivity contribution in [1.29, 1.82) is 0 Å².